The summed E-state index contributed by atoms with van der Waals surface area (Å²) in [7, 11) is 0. The van der Waals surface area contributed by atoms with Crippen LogP contribution in [0.5, 0.6) is 0 Å². The molecule has 1 heterocycles. The molecule has 0 aromatic carbocycles. The van der Waals surface area contributed by atoms with E-state index in [9.17, 15) is 0 Å². The molecule has 16 heavy (non-hydrogen) atoms. The molecule has 3 heteroatoms. The van der Waals surface area contributed by atoms with Gasteiger partial charge in [0.15, 0.2) is 0 Å². The van der Waals surface area contributed by atoms with E-state index in [1.165, 1.54) is 38.5 Å². The number of hydrogen-bond donors (Lipinski definition) is 2. The molecule has 90 valence electrons. The summed E-state index contributed by atoms with van der Waals surface area (Å²) in [5, 5.41) is 3.52. The predicted molar refractivity (Wildman–Crippen MR) is 66.1 cm³/mol. The Balaban J connectivity index is 1.58. The van der Waals surface area contributed by atoms with Gasteiger partial charge in [0.25, 0.3) is 0 Å². The van der Waals surface area contributed by atoms with Crippen molar-refractivity contribution < 1.29 is 0 Å². The standard InChI is InChI=1S/C13H23N3/c1-11(6-7-12-4-2-3-5-12)16-10-13-14-8-9-15-13/h8-9,11-12,16H,2-7,10H2,1H3,(H,14,15). The van der Waals surface area contributed by atoms with Gasteiger partial charge in [0, 0.05) is 18.4 Å². The third kappa shape index (κ3) is 3.63. The van der Waals surface area contributed by atoms with Crippen LogP contribution in [0.1, 0.15) is 51.3 Å². The maximum Gasteiger partial charge on any atom is 0.120 e. The van der Waals surface area contributed by atoms with E-state index in [4.69, 9.17) is 0 Å². The Morgan fingerprint density at radius 3 is 3.00 bits per heavy atom. The number of aromatic nitrogens is 2. The van der Waals surface area contributed by atoms with Gasteiger partial charge in [0.05, 0.1) is 6.54 Å². The largest absolute Gasteiger partial charge is 0.348 e. The number of rotatable bonds is 6. The molecule has 1 atom stereocenters. The third-order valence-corrected chi connectivity index (χ3v) is 3.66. The summed E-state index contributed by atoms with van der Waals surface area (Å²) in [5.41, 5.74) is 0. The van der Waals surface area contributed by atoms with Crippen LogP contribution < -0.4 is 5.32 Å². The van der Waals surface area contributed by atoms with Crippen molar-refractivity contribution >= 4 is 0 Å². The number of aromatic amines is 1. The van der Waals surface area contributed by atoms with Crippen LogP contribution in [0, 0.1) is 5.92 Å². The first kappa shape index (κ1) is 11.6. The van der Waals surface area contributed by atoms with Gasteiger partial charge in [-0.1, -0.05) is 25.7 Å². The van der Waals surface area contributed by atoms with Crippen molar-refractivity contribution in [2.45, 2.75) is 58.0 Å². The number of imidazole rings is 1. The lowest BCUT2D eigenvalue weighted by Gasteiger charge is -2.15. The monoisotopic (exact) mass is 221 g/mol. The summed E-state index contributed by atoms with van der Waals surface area (Å²) in [4.78, 5) is 7.32. The number of H-pyrrole nitrogens is 1. The van der Waals surface area contributed by atoms with Crippen LogP contribution in [0.15, 0.2) is 12.4 Å². The normalized spacial score (nSPS) is 19.1. The molecule has 1 unspecified atom stereocenters. The van der Waals surface area contributed by atoms with Gasteiger partial charge in [-0.25, -0.2) is 4.98 Å². The van der Waals surface area contributed by atoms with Gasteiger partial charge in [-0.2, -0.15) is 0 Å². The van der Waals surface area contributed by atoms with E-state index in [0.29, 0.717) is 6.04 Å². The van der Waals surface area contributed by atoms with E-state index in [1.807, 2.05) is 6.20 Å². The van der Waals surface area contributed by atoms with Gasteiger partial charge in [0.1, 0.15) is 5.82 Å². The summed E-state index contributed by atoms with van der Waals surface area (Å²) in [6.07, 6.45) is 12.2. The number of hydrogen-bond acceptors (Lipinski definition) is 2. The summed E-state index contributed by atoms with van der Waals surface area (Å²) in [6.45, 7) is 3.14. The lowest BCUT2D eigenvalue weighted by Crippen LogP contribution is -2.26. The fraction of sp³-hybridized carbons (Fsp3) is 0.769. The molecule has 0 saturated heterocycles. The second-order valence-electron chi connectivity index (χ2n) is 5.05. The van der Waals surface area contributed by atoms with Crippen LogP contribution in [0.2, 0.25) is 0 Å². The molecular formula is C13H23N3. The third-order valence-electron chi connectivity index (χ3n) is 3.66. The Bertz CT molecular complexity index is 275. The minimum Gasteiger partial charge on any atom is -0.348 e. The Morgan fingerprint density at radius 1 is 1.50 bits per heavy atom. The van der Waals surface area contributed by atoms with Crippen molar-refractivity contribution in [1.82, 2.24) is 15.3 Å². The minimum atomic E-state index is 0.602. The van der Waals surface area contributed by atoms with Crippen LogP contribution in [-0.4, -0.2) is 16.0 Å². The molecule has 0 radical (unpaired) electrons. The summed E-state index contributed by atoms with van der Waals surface area (Å²) in [6, 6.07) is 0.602. The first-order valence-electron chi connectivity index (χ1n) is 6.56. The van der Waals surface area contributed by atoms with Gasteiger partial charge in [-0.15, -0.1) is 0 Å². The maximum atomic E-state index is 4.21. The molecule has 0 amide bonds. The van der Waals surface area contributed by atoms with Crippen molar-refractivity contribution in [2.24, 2.45) is 5.92 Å². The average molecular weight is 221 g/mol. The van der Waals surface area contributed by atoms with E-state index in [1.54, 1.807) is 6.20 Å². The molecule has 0 bridgehead atoms. The molecule has 1 fully saturated rings. The van der Waals surface area contributed by atoms with Crippen LogP contribution in [0.4, 0.5) is 0 Å². The van der Waals surface area contributed by atoms with Crippen LogP contribution in [-0.2, 0) is 6.54 Å². The molecule has 2 rings (SSSR count). The molecule has 1 aliphatic carbocycles. The second kappa shape index (κ2) is 6.04. The highest BCUT2D eigenvalue weighted by atomic mass is 15.0. The minimum absolute atomic E-state index is 0.602. The van der Waals surface area contributed by atoms with Crippen LogP contribution in [0.3, 0.4) is 0 Å². The van der Waals surface area contributed by atoms with E-state index >= 15 is 0 Å². The maximum absolute atomic E-state index is 4.21. The molecule has 1 saturated carbocycles. The molecule has 2 N–H and O–H groups in total. The Labute approximate surface area is 98.1 Å². The van der Waals surface area contributed by atoms with Gasteiger partial charge < -0.3 is 10.3 Å². The van der Waals surface area contributed by atoms with Gasteiger partial charge in [-0.3, -0.25) is 0 Å². The van der Waals surface area contributed by atoms with E-state index in [2.05, 4.69) is 22.2 Å². The highest BCUT2D eigenvalue weighted by molar-refractivity contribution is 4.86. The highest BCUT2D eigenvalue weighted by Gasteiger charge is 2.15. The number of nitrogens with zero attached hydrogens (tertiary/aromatic N) is 1. The lowest BCUT2D eigenvalue weighted by atomic mass is 9.99. The SMILES string of the molecule is CC(CCC1CCCC1)NCc1ncc[nH]1. The van der Waals surface area contributed by atoms with Gasteiger partial charge >= 0.3 is 0 Å². The molecule has 3 nitrogen and oxygen atoms in total. The fourth-order valence-corrected chi connectivity index (χ4v) is 2.55. The topological polar surface area (TPSA) is 40.7 Å². The first-order valence-corrected chi connectivity index (χ1v) is 6.56. The predicted octanol–water partition coefficient (Wildman–Crippen LogP) is 2.86. The molecule has 1 aromatic rings. The van der Waals surface area contributed by atoms with E-state index < -0.39 is 0 Å². The molecule has 0 spiro atoms. The van der Waals surface area contributed by atoms with E-state index in [-0.39, 0.29) is 0 Å². The molecule has 0 aliphatic heterocycles. The van der Waals surface area contributed by atoms with Crippen molar-refractivity contribution in [3.8, 4) is 0 Å². The highest BCUT2D eigenvalue weighted by Crippen LogP contribution is 2.28. The lowest BCUT2D eigenvalue weighted by molar-refractivity contribution is 0.417. The zero-order valence-electron chi connectivity index (χ0n) is 10.2. The van der Waals surface area contributed by atoms with Crippen LogP contribution in [0.25, 0.3) is 0 Å². The summed E-state index contributed by atoms with van der Waals surface area (Å²) < 4.78 is 0. The quantitative estimate of drug-likeness (QED) is 0.775. The van der Waals surface area contributed by atoms with Crippen molar-refractivity contribution in [3.05, 3.63) is 18.2 Å². The number of nitrogens with one attached hydrogen (secondary N) is 2. The zero-order chi connectivity index (χ0) is 11.2. The molecule has 1 aliphatic rings. The fourth-order valence-electron chi connectivity index (χ4n) is 2.55. The van der Waals surface area contributed by atoms with Gasteiger partial charge in [-0.05, 0) is 25.7 Å². The Morgan fingerprint density at radius 2 is 2.31 bits per heavy atom. The van der Waals surface area contributed by atoms with Crippen molar-refractivity contribution in [3.63, 3.8) is 0 Å². The zero-order valence-corrected chi connectivity index (χ0v) is 10.2. The summed E-state index contributed by atoms with van der Waals surface area (Å²) in [5.74, 6) is 2.04. The van der Waals surface area contributed by atoms with Crippen LogP contribution >= 0.6 is 0 Å². The Kier molecular flexibility index (Phi) is 4.40. The first-order chi connectivity index (χ1) is 7.84. The van der Waals surface area contributed by atoms with E-state index in [0.717, 1.165) is 18.3 Å². The Hall–Kier alpha value is -0.830. The van der Waals surface area contributed by atoms with Crippen molar-refractivity contribution in [1.29, 1.82) is 0 Å². The smallest absolute Gasteiger partial charge is 0.120 e. The second-order valence-corrected chi connectivity index (χ2v) is 5.05. The van der Waals surface area contributed by atoms with Gasteiger partial charge in [0.2, 0.25) is 0 Å². The molecule has 1 aromatic heterocycles. The average Bonchev–Trinajstić information content (AvgIpc) is 2.96. The molecular weight excluding hydrogens is 198 g/mol. The summed E-state index contributed by atoms with van der Waals surface area (Å²) >= 11 is 0. The van der Waals surface area contributed by atoms with Crippen molar-refractivity contribution in [2.75, 3.05) is 0 Å².